The summed E-state index contributed by atoms with van der Waals surface area (Å²) in [5, 5.41) is 14.7. The molecule has 1 unspecified atom stereocenters. The Bertz CT molecular complexity index is 694. The molecule has 26 heavy (non-hydrogen) atoms. The molecule has 0 aromatic carbocycles. The van der Waals surface area contributed by atoms with Crippen LogP contribution in [-0.4, -0.2) is 35.4 Å². The number of H-pyrrole nitrogens is 1. The molecule has 0 bridgehead atoms. The Hall–Kier alpha value is -2.64. The summed E-state index contributed by atoms with van der Waals surface area (Å²) < 4.78 is 0. The summed E-state index contributed by atoms with van der Waals surface area (Å²) in [7, 11) is 1.88. The van der Waals surface area contributed by atoms with E-state index in [2.05, 4.69) is 45.0 Å². The van der Waals surface area contributed by atoms with Gasteiger partial charge in [-0.2, -0.15) is 0 Å². The number of rotatable bonds is 11. The van der Waals surface area contributed by atoms with Crippen molar-refractivity contribution in [3.05, 3.63) is 54.6 Å². The molecule has 0 saturated carbocycles. The second-order valence-corrected chi connectivity index (χ2v) is 6.10. The van der Waals surface area contributed by atoms with Gasteiger partial charge in [0.25, 0.3) is 0 Å². The van der Waals surface area contributed by atoms with Crippen LogP contribution in [0.2, 0.25) is 0 Å². The third kappa shape index (κ3) is 5.72. The number of hydrogen-bond acceptors (Lipinski definition) is 5. The van der Waals surface area contributed by atoms with Crippen molar-refractivity contribution in [2.24, 2.45) is 0 Å². The Morgan fingerprint density at radius 3 is 2.92 bits per heavy atom. The number of hydrazine groups is 1. The van der Waals surface area contributed by atoms with Crippen LogP contribution in [0.25, 0.3) is 5.70 Å². The second-order valence-electron chi connectivity index (χ2n) is 6.10. The predicted octanol–water partition coefficient (Wildman–Crippen LogP) is 2.69. The van der Waals surface area contributed by atoms with E-state index in [0.29, 0.717) is 11.9 Å². The maximum atomic E-state index is 8.19. The summed E-state index contributed by atoms with van der Waals surface area (Å²) in [6.45, 7) is 7.09. The minimum atomic E-state index is 0.299. The van der Waals surface area contributed by atoms with E-state index in [1.54, 1.807) is 18.6 Å². The van der Waals surface area contributed by atoms with Crippen LogP contribution in [0.3, 0.4) is 0 Å². The monoisotopic (exact) mass is 355 g/mol. The number of aromatic nitrogens is 2. The van der Waals surface area contributed by atoms with Crippen molar-refractivity contribution >= 4 is 17.2 Å². The highest BCUT2D eigenvalue weighted by Crippen LogP contribution is 2.20. The number of amidine groups is 1. The van der Waals surface area contributed by atoms with Crippen molar-refractivity contribution in [2.45, 2.75) is 32.2 Å². The third-order valence-electron chi connectivity index (χ3n) is 4.09. The van der Waals surface area contributed by atoms with Crippen molar-refractivity contribution in [3.63, 3.8) is 0 Å². The summed E-state index contributed by atoms with van der Waals surface area (Å²) in [4.78, 5) is 7.23. The standard InChI is InChI=1S/C19H29N7/c1-4-5-7-15(26-21-3)12-24-14(2)16-13-22-11-9-17(16)25-19(20)18-8-6-10-23-18/h6,8-11,13,15,21,23-24,26H,2,4-5,7,12H2,1,3H3,(H2,20,22,25). The van der Waals surface area contributed by atoms with E-state index in [9.17, 15) is 0 Å². The normalized spacial score (nSPS) is 11.8. The van der Waals surface area contributed by atoms with E-state index in [1.807, 2.05) is 25.2 Å². The third-order valence-corrected chi connectivity index (χ3v) is 4.09. The molecule has 140 valence electrons. The molecule has 0 radical (unpaired) electrons. The quantitative estimate of drug-likeness (QED) is 0.211. The number of pyridine rings is 1. The molecule has 0 spiro atoms. The SMILES string of the molecule is C=C(NCC(CCCC)NNC)c1cnccc1NC(=N)c1ccc[nH]1. The fraction of sp³-hybridized carbons (Fsp3) is 0.368. The number of anilines is 1. The lowest BCUT2D eigenvalue weighted by atomic mass is 10.1. The molecule has 0 aliphatic rings. The lowest BCUT2D eigenvalue weighted by Crippen LogP contribution is -2.44. The Morgan fingerprint density at radius 1 is 1.38 bits per heavy atom. The maximum absolute atomic E-state index is 8.19. The van der Waals surface area contributed by atoms with Crippen molar-refractivity contribution in [1.82, 2.24) is 26.1 Å². The first-order chi connectivity index (χ1) is 12.7. The summed E-state index contributed by atoms with van der Waals surface area (Å²) in [5.74, 6) is 0.299. The molecule has 0 fully saturated rings. The summed E-state index contributed by atoms with van der Waals surface area (Å²) in [6, 6.07) is 5.87. The number of aromatic amines is 1. The summed E-state index contributed by atoms with van der Waals surface area (Å²) >= 11 is 0. The molecule has 0 saturated heterocycles. The fourth-order valence-corrected chi connectivity index (χ4v) is 2.65. The topological polar surface area (TPSA) is 101 Å². The summed E-state index contributed by atoms with van der Waals surface area (Å²) in [6.07, 6.45) is 8.67. The Kier molecular flexibility index (Phi) is 7.85. The molecule has 2 aromatic rings. The maximum Gasteiger partial charge on any atom is 0.146 e. The van der Waals surface area contributed by atoms with Gasteiger partial charge in [-0.05, 0) is 31.7 Å². The van der Waals surface area contributed by atoms with Crippen LogP contribution in [0.1, 0.15) is 37.4 Å². The van der Waals surface area contributed by atoms with Gasteiger partial charge in [-0.1, -0.05) is 26.3 Å². The van der Waals surface area contributed by atoms with E-state index in [4.69, 9.17) is 5.41 Å². The number of nitrogens with one attached hydrogen (secondary N) is 6. The number of unbranched alkanes of at least 4 members (excludes halogenated alkanes) is 1. The highest BCUT2D eigenvalue weighted by molar-refractivity contribution is 6.06. The zero-order valence-electron chi connectivity index (χ0n) is 15.5. The van der Waals surface area contributed by atoms with Gasteiger partial charge in [0, 0.05) is 42.4 Å². The Labute approximate surface area is 155 Å². The molecule has 7 nitrogen and oxygen atoms in total. The smallest absolute Gasteiger partial charge is 0.146 e. The average molecular weight is 355 g/mol. The van der Waals surface area contributed by atoms with Gasteiger partial charge in [-0.3, -0.25) is 21.2 Å². The number of hydrogen-bond donors (Lipinski definition) is 6. The van der Waals surface area contributed by atoms with Crippen LogP contribution in [0.4, 0.5) is 5.69 Å². The van der Waals surface area contributed by atoms with Crippen LogP contribution in [0, 0.1) is 5.41 Å². The van der Waals surface area contributed by atoms with Crippen LogP contribution in [-0.2, 0) is 0 Å². The van der Waals surface area contributed by atoms with Crippen LogP contribution < -0.4 is 21.5 Å². The first kappa shape index (κ1) is 19.7. The largest absolute Gasteiger partial charge is 0.383 e. The average Bonchev–Trinajstić information content (AvgIpc) is 3.19. The van der Waals surface area contributed by atoms with E-state index in [0.717, 1.165) is 35.6 Å². The predicted molar refractivity (Wildman–Crippen MR) is 108 cm³/mol. The highest BCUT2D eigenvalue weighted by Gasteiger charge is 2.12. The molecular formula is C19H29N7. The van der Waals surface area contributed by atoms with Gasteiger partial charge < -0.3 is 15.6 Å². The minimum Gasteiger partial charge on any atom is -0.383 e. The Balaban J connectivity index is 2.01. The van der Waals surface area contributed by atoms with Crippen molar-refractivity contribution in [2.75, 3.05) is 18.9 Å². The van der Waals surface area contributed by atoms with Crippen LogP contribution in [0.15, 0.2) is 43.4 Å². The fourth-order valence-electron chi connectivity index (χ4n) is 2.65. The van der Waals surface area contributed by atoms with Crippen molar-refractivity contribution in [1.29, 1.82) is 5.41 Å². The van der Waals surface area contributed by atoms with E-state index < -0.39 is 0 Å². The van der Waals surface area contributed by atoms with Crippen molar-refractivity contribution in [3.8, 4) is 0 Å². The minimum absolute atomic E-state index is 0.299. The first-order valence-corrected chi connectivity index (χ1v) is 8.94. The molecule has 2 heterocycles. The molecule has 6 N–H and O–H groups in total. The molecule has 1 atom stereocenters. The molecule has 0 aliphatic carbocycles. The first-order valence-electron chi connectivity index (χ1n) is 8.94. The van der Waals surface area contributed by atoms with Gasteiger partial charge in [0.15, 0.2) is 0 Å². The lowest BCUT2D eigenvalue weighted by molar-refractivity contribution is 0.418. The summed E-state index contributed by atoms with van der Waals surface area (Å²) in [5.41, 5.74) is 9.43. The zero-order valence-corrected chi connectivity index (χ0v) is 15.5. The van der Waals surface area contributed by atoms with Gasteiger partial charge in [-0.15, -0.1) is 0 Å². The van der Waals surface area contributed by atoms with Gasteiger partial charge in [0.1, 0.15) is 5.84 Å². The van der Waals surface area contributed by atoms with Crippen molar-refractivity contribution < 1.29 is 0 Å². The molecule has 2 rings (SSSR count). The van der Waals surface area contributed by atoms with Gasteiger partial charge in [-0.25, -0.2) is 0 Å². The zero-order chi connectivity index (χ0) is 18.8. The second kappa shape index (κ2) is 10.4. The van der Waals surface area contributed by atoms with Gasteiger partial charge in [0.2, 0.25) is 0 Å². The molecule has 2 aromatic heterocycles. The molecule has 7 heteroatoms. The highest BCUT2D eigenvalue weighted by atomic mass is 15.4. The molecule has 0 amide bonds. The molecule has 0 aliphatic heterocycles. The Morgan fingerprint density at radius 2 is 2.23 bits per heavy atom. The van der Waals surface area contributed by atoms with E-state index >= 15 is 0 Å². The lowest BCUT2D eigenvalue weighted by Gasteiger charge is -2.21. The van der Waals surface area contributed by atoms with E-state index in [1.165, 1.54) is 12.8 Å². The van der Waals surface area contributed by atoms with Gasteiger partial charge in [0.05, 0.1) is 11.4 Å². The van der Waals surface area contributed by atoms with Gasteiger partial charge >= 0.3 is 0 Å². The number of nitrogens with zero attached hydrogens (tertiary/aromatic N) is 1. The van der Waals surface area contributed by atoms with E-state index in [-0.39, 0.29) is 0 Å². The molecular weight excluding hydrogens is 326 g/mol. The van der Waals surface area contributed by atoms with Crippen LogP contribution >= 0.6 is 0 Å². The van der Waals surface area contributed by atoms with Crippen LogP contribution in [0.5, 0.6) is 0 Å².